The van der Waals surface area contributed by atoms with Gasteiger partial charge in [-0.3, -0.25) is 0 Å². The minimum Gasteiger partial charge on any atom is -0.217 e. The molecule has 23 heavy (non-hydrogen) atoms. The van der Waals surface area contributed by atoms with Crippen LogP contribution in [-0.4, -0.2) is 11.9 Å². The Morgan fingerprint density at radius 3 is 1.74 bits per heavy atom. The van der Waals surface area contributed by atoms with Gasteiger partial charge in [-0.1, -0.05) is 100 Å². The van der Waals surface area contributed by atoms with Crippen LogP contribution in [0.5, 0.6) is 0 Å². The van der Waals surface area contributed by atoms with Crippen LogP contribution in [-0.2, 0) is 9.84 Å². The summed E-state index contributed by atoms with van der Waals surface area (Å²) < 4.78 is 24.6. The first-order chi connectivity index (χ1) is 10.7. The first-order valence-corrected chi connectivity index (χ1v) is 10.3. The lowest BCUT2D eigenvalue weighted by atomic mass is 10.3. The van der Waals surface area contributed by atoms with E-state index in [9.17, 15) is 8.42 Å². The van der Waals surface area contributed by atoms with Crippen molar-refractivity contribution in [1.29, 1.82) is 0 Å². The molecule has 0 amide bonds. The highest BCUT2D eigenvalue weighted by Gasteiger charge is 2.26. The van der Waals surface area contributed by atoms with Crippen LogP contribution in [0.1, 0.15) is 0 Å². The molecule has 0 radical (unpaired) electrons. The molecule has 0 saturated heterocycles. The van der Waals surface area contributed by atoms with E-state index in [0.717, 1.165) is 0 Å². The molecule has 2 rings (SSSR count). The van der Waals surface area contributed by atoms with Crippen molar-refractivity contribution in [1.82, 2.24) is 0 Å². The van der Waals surface area contributed by atoms with Gasteiger partial charge >= 0.3 is 0 Å². The molecule has 0 aliphatic carbocycles. The Labute approximate surface area is 167 Å². The minimum absolute atomic E-state index is 0.00971. The SMILES string of the molecule is O=S(=O)(C(=S)Sc1c(Cl)c(Cl)c(Cl)c(Cl)c1Cl)c1ccccc1. The van der Waals surface area contributed by atoms with Gasteiger partial charge in [0.05, 0.1) is 34.9 Å². The fourth-order valence-corrected chi connectivity index (χ4v) is 5.76. The molecule has 0 heterocycles. The highest BCUT2D eigenvalue weighted by Crippen LogP contribution is 2.48. The number of thioether (sulfide) groups is 1. The molecule has 0 aromatic heterocycles. The molecular formula is C13H5Cl5O2S3. The number of benzene rings is 2. The summed E-state index contributed by atoms with van der Waals surface area (Å²) in [6, 6.07) is 7.76. The average molecular weight is 467 g/mol. The van der Waals surface area contributed by atoms with Crippen LogP contribution in [0.2, 0.25) is 25.1 Å². The number of halogens is 5. The van der Waals surface area contributed by atoms with Crippen molar-refractivity contribution in [3.63, 3.8) is 0 Å². The highest BCUT2D eigenvalue weighted by atomic mass is 35.5. The van der Waals surface area contributed by atoms with Gasteiger partial charge in [0.25, 0.3) is 0 Å². The van der Waals surface area contributed by atoms with Crippen LogP contribution in [0, 0.1) is 0 Å². The summed E-state index contributed by atoms with van der Waals surface area (Å²) in [4.78, 5) is 0.202. The van der Waals surface area contributed by atoms with Crippen LogP contribution in [0.3, 0.4) is 0 Å². The third-order valence-electron chi connectivity index (χ3n) is 2.63. The van der Waals surface area contributed by atoms with Crippen LogP contribution in [0.15, 0.2) is 40.1 Å². The van der Waals surface area contributed by atoms with Gasteiger partial charge in [0.2, 0.25) is 9.84 Å². The van der Waals surface area contributed by atoms with E-state index in [1.807, 2.05) is 0 Å². The van der Waals surface area contributed by atoms with E-state index < -0.39 is 9.84 Å². The Hall–Kier alpha value is 0.280. The Morgan fingerprint density at radius 2 is 1.26 bits per heavy atom. The molecule has 2 aromatic rings. The zero-order valence-corrected chi connectivity index (χ0v) is 17.0. The molecule has 0 aliphatic heterocycles. The lowest BCUT2D eigenvalue weighted by molar-refractivity contribution is 0.608. The summed E-state index contributed by atoms with van der Waals surface area (Å²) in [5.41, 5.74) is 0. The second-order valence-electron chi connectivity index (χ2n) is 4.07. The van der Waals surface area contributed by atoms with Crippen molar-refractivity contribution in [2.75, 3.05) is 0 Å². The smallest absolute Gasteiger partial charge is 0.217 e. The normalized spacial score (nSPS) is 11.5. The Kier molecular flexibility index (Phi) is 6.53. The minimum atomic E-state index is -3.85. The monoisotopic (exact) mass is 464 g/mol. The van der Waals surface area contributed by atoms with E-state index >= 15 is 0 Å². The maximum absolute atomic E-state index is 12.5. The third kappa shape index (κ3) is 3.93. The number of rotatable bonds is 2. The first kappa shape index (κ1) is 19.6. The number of sulfone groups is 1. The lowest BCUT2D eigenvalue weighted by Crippen LogP contribution is -2.09. The number of hydrogen-bond donors (Lipinski definition) is 0. The molecule has 0 atom stereocenters. The van der Waals surface area contributed by atoms with Gasteiger partial charge < -0.3 is 0 Å². The third-order valence-corrected chi connectivity index (χ3v) is 9.06. The fourth-order valence-electron chi connectivity index (χ4n) is 1.51. The van der Waals surface area contributed by atoms with E-state index in [4.69, 9.17) is 70.2 Å². The van der Waals surface area contributed by atoms with E-state index in [-0.39, 0.29) is 38.4 Å². The van der Waals surface area contributed by atoms with E-state index in [2.05, 4.69) is 0 Å². The van der Waals surface area contributed by atoms with Gasteiger partial charge in [-0.05, 0) is 12.1 Å². The maximum Gasteiger partial charge on any atom is 0.223 e. The molecule has 0 saturated carbocycles. The Balaban J connectivity index is 2.47. The van der Waals surface area contributed by atoms with Gasteiger partial charge in [-0.2, -0.15) is 0 Å². The summed E-state index contributed by atoms with van der Waals surface area (Å²) in [6.45, 7) is 0. The van der Waals surface area contributed by atoms with E-state index in [1.54, 1.807) is 18.2 Å². The topological polar surface area (TPSA) is 34.1 Å². The van der Waals surface area contributed by atoms with Gasteiger partial charge in [-0.15, -0.1) is 0 Å². The van der Waals surface area contributed by atoms with Gasteiger partial charge in [0, 0.05) is 0 Å². The summed E-state index contributed by atoms with van der Waals surface area (Å²) in [5, 5.41) is -0.0804. The standard InChI is InChI=1S/C13H5Cl5O2S3/c14-7-8(15)10(17)12(11(18)9(7)16)22-13(21)23(19,20)6-4-2-1-3-5-6/h1-5H. The Bertz CT molecular complexity index is 853. The predicted octanol–water partition coefficient (Wildman–Crippen LogP) is 6.80. The molecule has 2 nitrogen and oxygen atoms in total. The van der Waals surface area contributed by atoms with Crippen molar-refractivity contribution < 1.29 is 8.42 Å². The second-order valence-corrected chi connectivity index (χ2v) is 10.0. The number of hydrogen-bond acceptors (Lipinski definition) is 4. The van der Waals surface area contributed by atoms with Crippen LogP contribution in [0.4, 0.5) is 0 Å². The molecule has 122 valence electrons. The summed E-state index contributed by atoms with van der Waals surface area (Å²) in [7, 11) is -3.85. The van der Waals surface area contributed by atoms with Crippen molar-refractivity contribution >= 4 is 95.4 Å². The Morgan fingerprint density at radius 1 is 0.826 bits per heavy atom. The lowest BCUT2D eigenvalue weighted by Gasteiger charge is -2.12. The quantitative estimate of drug-likeness (QED) is 0.211. The van der Waals surface area contributed by atoms with E-state index in [0.29, 0.717) is 11.8 Å². The van der Waals surface area contributed by atoms with Crippen molar-refractivity contribution in [2.45, 2.75) is 9.79 Å². The molecule has 0 fully saturated rings. The first-order valence-electron chi connectivity index (χ1n) is 5.71. The van der Waals surface area contributed by atoms with Crippen LogP contribution < -0.4 is 0 Å². The van der Waals surface area contributed by atoms with Gasteiger partial charge in [-0.25, -0.2) is 8.42 Å². The summed E-state index contributed by atoms with van der Waals surface area (Å²) in [5.74, 6) is 0. The zero-order chi connectivity index (χ0) is 17.4. The predicted molar refractivity (Wildman–Crippen MR) is 104 cm³/mol. The fraction of sp³-hybridized carbons (Fsp3) is 0. The van der Waals surface area contributed by atoms with Crippen molar-refractivity contribution in [2.24, 2.45) is 0 Å². The van der Waals surface area contributed by atoms with Crippen LogP contribution >= 0.6 is 82.0 Å². The molecule has 0 spiro atoms. The highest BCUT2D eigenvalue weighted by molar-refractivity contribution is 8.44. The molecule has 0 aliphatic rings. The summed E-state index contributed by atoms with van der Waals surface area (Å²) in [6.07, 6.45) is 0. The summed E-state index contributed by atoms with van der Waals surface area (Å²) >= 11 is 35.7. The maximum atomic E-state index is 12.5. The molecule has 2 aromatic carbocycles. The average Bonchev–Trinajstić information content (AvgIpc) is 2.55. The van der Waals surface area contributed by atoms with E-state index in [1.165, 1.54) is 12.1 Å². The van der Waals surface area contributed by atoms with Crippen LogP contribution in [0.25, 0.3) is 0 Å². The molecule has 0 unspecified atom stereocenters. The molecule has 0 bridgehead atoms. The molecule has 0 N–H and O–H groups in total. The van der Waals surface area contributed by atoms with Gasteiger partial charge in [0.1, 0.15) is 0 Å². The van der Waals surface area contributed by atoms with Crippen molar-refractivity contribution in [3.05, 3.63) is 55.4 Å². The molecule has 10 heteroatoms. The van der Waals surface area contributed by atoms with Gasteiger partial charge in [0.15, 0.2) is 3.53 Å². The molecular weight excluding hydrogens is 462 g/mol. The van der Waals surface area contributed by atoms with Crippen molar-refractivity contribution in [3.8, 4) is 0 Å². The second kappa shape index (κ2) is 7.67. The zero-order valence-electron chi connectivity index (χ0n) is 10.8. The number of thiocarbonyl (C=S) groups is 1. The largest absolute Gasteiger partial charge is 0.223 e.